The summed E-state index contributed by atoms with van der Waals surface area (Å²) in [6.45, 7) is 0. The van der Waals surface area contributed by atoms with Crippen LogP contribution >= 0.6 is 0 Å². The lowest BCUT2D eigenvalue weighted by molar-refractivity contribution is 1.18. The number of hydrogen-bond acceptors (Lipinski definition) is 1. The lowest BCUT2D eigenvalue weighted by atomic mass is 9.94. The standard InChI is InChI=1S/C52H34N2/c1-2-15-35(16-3-1)41-22-10-12-27-49(41)53(51-34-48-40-21-6-4-17-36(40)29-31-44(48)43-24-8-9-25-45(43)51)38-19-14-20-39(33-38)54-50-28-13-11-26-46(50)47-32-30-37-18-5-7-23-42(37)52(47)54/h1-34H. The molecule has 0 unspecified atom stereocenters. The number of fused-ring (bicyclic) bond motifs is 10. The molecule has 1 aromatic heterocycles. The molecule has 0 aliphatic heterocycles. The van der Waals surface area contributed by atoms with Crippen LogP contribution in [0.4, 0.5) is 17.1 Å². The van der Waals surface area contributed by atoms with Gasteiger partial charge in [0, 0.05) is 38.5 Å². The van der Waals surface area contributed by atoms with E-state index in [-0.39, 0.29) is 0 Å². The first-order valence-corrected chi connectivity index (χ1v) is 18.6. The Morgan fingerprint density at radius 2 is 0.944 bits per heavy atom. The van der Waals surface area contributed by atoms with Gasteiger partial charge in [-0.3, -0.25) is 0 Å². The van der Waals surface area contributed by atoms with Crippen LogP contribution in [0.25, 0.3) is 81.7 Å². The average molecular weight is 687 g/mol. The predicted molar refractivity (Wildman–Crippen MR) is 231 cm³/mol. The lowest BCUT2D eigenvalue weighted by Gasteiger charge is -2.30. The van der Waals surface area contributed by atoms with Crippen LogP contribution in [0.3, 0.4) is 0 Å². The van der Waals surface area contributed by atoms with Crippen molar-refractivity contribution in [2.45, 2.75) is 0 Å². The molecule has 0 aliphatic carbocycles. The average Bonchev–Trinajstić information content (AvgIpc) is 3.59. The molecule has 0 aliphatic rings. The number of para-hydroxylation sites is 2. The summed E-state index contributed by atoms with van der Waals surface area (Å²) in [5.74, 6) is 0. The molecule has 0 fully saturated rings. The molecule has 0 saturated carbocycles. The second-order valence-electron chi connectivity index (χ2n) is 14.1. The summed E-state index contributed by atoms with van der Waals surface area (Å²) in [4.78, 5) is 2.49. The Kier molecular flexibility index (Phi) is 6.90. The number of benzene rings is 10. The van der Waals surface area contributed by atoms with Gasteiger partial charge in [0.2, 0.25) is 0 Å². The topological polar surface area (TPSA) is 8.17 Å². The highest BCUT2D eigenvalue weighted by atomic mass is 15.1. The van der Waals surface area contributed by atoms with Crippen LogP contribution in [0.1, 0.15) is 0 Å². The van der Waals surface area contributed by atoms with Crippen molar-refractivity contribution in [3.63, 3.8) is 0 Å². The summed E-state index contributed by atoms with van der Waals surface area (Å²) >= 11 is 0. The molecule has 2 heteroatoms. The maximum absolute atomic E-state index is 2.49. The fourth-order valence-corrected chi connectivity index (χ4v) is 8.73. The molecule has 0 atom stereocenters. The molecule has 0 saturated heterocycles. The lowest BCUT2D eigenvalue weighted by Crippen LogP contribution is -2.12. The van der Waals surface area contributed by atoms with E-state index in [1.807, 2.05) is 0 Å². The predicted octanol–water partition coefficient (Wildman–Crippen LogP) is 14.5. The third-order valence-electron chi connectivity index (χ3n) is 11.1. The second-order valence-corrected chi connectivity index (χ2v) is 14.1. The van der Waals surface area contributed by atoms with Crippen molar-refractivity contribution in [1.29, 1.82) is 0 Å². The first kappa shape index (κ1) is 30.5. The van der Waals surface area contributed by atoms with Gasteiger partial charge in [0.15, 0.2) is 0 Å². The van der Waals surface area contributed by atoms with Gasteiger partial charge in [-0.1, -0.05) is 170 Å². The fraction of sp³-hybridized carbons (Fsp3) is 0. The Bertz CT molecular complexity index is 3230. The van der Waals surface area contributed by atoms with Gasteiger partial charge < -0.3 is 9.47 Å². The van der Waals surface area contributed by atoms with Crippen LogP contribution in [0.5, 0.6) is 0 Å². The van der Waals surface area contributed by atoms with Gasteiger partial charge in [-0.25, -0.2) is 0 Å². The highest BCUT2D eigenvalue weighted by molar-refractivity contribution is 6.22. The highest BCUT2D eigenvalue weighted by Gasteiger charge is 2.22. The molecule has 11 aromatic rings. The summed E-state index contributed by atoms with van der Waals surface area (Å²) in [6, 6.07) is 75.4. The van der Waals surface area contributed by atoms with E-state index in [2.05, 4.69) is 216 Å². The van der Waals surface area contributed by atoms with E-state index in [1.54, 1.807) is 0 Å². The molecule has 252 valence electrons. The van der Waals surface area contributed by atoms with Gasteiger partial charge in [-0.05, 0) is 74.3 Å². The third kappa shape index (κ3) is 4.67. The van der Waals surface area contributed by atoms with E-state index < -0.39 is 0 Å². The molecular weight excluding hydrogens is 653 g/mol. The largest absolute Gasteiger partial charge is 0.309 e. The zero-order valence-corrected chi connectivity index (χ0v) is 29.5. The van der Waals surface area contributed by atoms with Crippen LogP contribution in [-0.4, -0.2) is 4.57 Å². The fourth-order valence-electron chi connectivity index (χ4n) is 8.73. The van der Waals surface area contributed by atoms with E-state index >= 15 is 0 Å². The molecule has 0 bridgehead atoms. The molecular formula is C52H34N2. The Hall–Kier alpha value is -7.16. The van der Waals surface area contributed by atoms with E-state index in [1.165, 1.54) is 76.0 Å². The van der Waals surface area contributed by atoms with Gasteiger partial charge in [0.1, 0.15) is 0 Å². The van der Waals surface area contributed by atoms with Crippen molar-refractivity contribution in [1.82, 2.24) is 4.57 Å². The maximum atomic E-state index is 2.49. The van der Waals surface area contributed by atoms with Crippen LogP contribution in [0.15, 0.2) is 206 Å². The van der Waals surface area contributed by atoms with Gasteiger partial charge in [-0.15, -0.1) is 0 Å². The summed E-state index contributed by atoms with van der Waals surface area (Å²) in [5.41, 5.74) is 9.25. The molecule has 1 heterocycles. The summed E-state index contributed by atoms with van der Waals surface area (Å²) < 4.78 is 2.46. The van der Waals surface area contributed by atoms with Crippen molar-refractivity contribution in [2.24, 2.45) is 0 Å². The smallest absolute Gasteiger partial charge is 0.0619 e. The molecule has 11 rings (SSSR count). The number of nitrogens with zero attached hydrogens (tertiary/aromatic N) is 2. The quantitative estimate of drug-likeness (QED) is 0.164. The molecule has 0 radical (unpaired) electrons. The Morgan fingerprint density at radius 3 is 1.78 bits per heavy atom. The van der Waals surface area contributed by atoms with Crippen molar-refractivity contribution in [2.75, 3.05) is 4.90 Å². The van der Waals surface area contributed by atoms with Crippen LogP contribution in [0, 0.1) is 0 Å². The maximum Gasteiger partial charge on any atom is 0.0619 e. The third-order valence-corrected chi connectivity index (χ3v) is 11.1. The number of anilines is 3. The van der Waals surface area contributed by atoms with E-state index in [4.69, 9.17) is 0 Å². The van der Waals surface area contributed by atoms with Gasteiger partial charge in [-0.2, -0.15) is 0 Å². The highest BCUT2D eigenvalue weighted by Crippen LogP contribution is 2.47. The van der Waals surface area contributed by atoms with Crippen LogP contribution in [0.2, 0.25) is 0 Å². The van der Waals surface area contributed by atoms with E-state index in [0.717, 1.165) is 22.7 Å². The van der Waals surface area contributed by atoms with Crippen LogP contribution < -0.4 is 4.90 Å². The molecule has 0 amide bonds. The zero-order valence-electron chi connectivity index (χ0n) is 29.5. The minimum absolute atomic E-state index is 1.09. The summed E-state index contributed by atoms with van der Waals surface area (Å²) in [5, 5.41) is 12.4. The first-order valence-electron chi connectivity index (χ1n) is 18.6. The minimum atomic E-state index is 1.09. The van der Waals surface area contributed by atoms with E-state index in [9.17, 15) is 0 Å². The Balaban J connectivity index is 1.25. The van der Waals surface area contributed by atoms with Gasteiger partial charge >= 0.3 is 0 Å². The summed E-state index contributed by atoms with van der Waals surface area (Å²) in [7, 11) is 0. The van der Waals surface area contributed by atoms with Gasteiger partial charge in [0.25, 0.3) is 0 Å². The van der Waals surface area contributed by atoms with Crippen molar-refractivity contribution in [3.8, 4) is 16.8 Å². The molecule has 54 heavy (non-hydrogen) atoms. The van der Waals surface area contributed by atoms with Crippen molar-refractivity contribution < 1.29 is 0 Å². The first-order chi connectivity index (χ1) is 26.8. The Labute approximate surface area is 313 Å². The normalized spacial score (nSPS) is 11.7. The van der Waals surface area contributed by atoms with Crippen molar-refractivity contribution in [3.05, 3.63) is 206 Å². The minimum Gasteiger partial charge on any atom is -0.309 e. The SMILES string of the molecule is c1ccc(-c2ccccc2N(c2cccc(-n3c4ccccc4c4ccc5ccccc5c43)c2)c2cc3c4ccccc4ccc3c3ccccc23)cc1. The van der Waals surface area contributed by atoms with Gasteiger partial charge in [0.05, 0.1) is 22.4 Å². The second kappa shape index (κ2) is 12.2. The number of rotatable bonds is 5. The molecule has 0 spiro atoms. The van der Waals surface area contributed by atoms with Crippen LogP contribution in [-0.2, 0) is 0 Å². The number of hydrogen-bond donors (Lipinski definition) is 0. The van der Waals surface area contributed by atoms with E-state index in [0.29, 0.717) is 0 Å². The summed E-state index contributed by atoms with van der Waals surface area (Å²) in [6.07, 6.45) is 0. The monoisotopic (exact) mass is 686 g/mol. The van der Waals surface area contributed by atoms with Crippen molar-refractivity contribution >= 4 is 82.0 Å². The molecule has 0 N–H and O–H groups in total. The molecule has 10 aromatic carbocycles. The zero-order chi connectivity index (χ0) is 35.6. The molecule has 2 nitrogen and oxygen atoms in total. The Morgan fingerprint density at radius 1 is 0.333 bits per heavy atom. The number of aromatic nitrogens is 1.